The van der Waals surface area contributed by atoms with Crippen LogP contribution >= 0.6 is 27.5 Å². The highest BCUT2D eigenvalue weighted by molar-refractivity contribution is 9.10. The van der Waals surface area contributed by atoms with Gasteiger partial charge in [-0.2, -0.15) is 4.37 Å². The highest BCUT2D eigenvalue weighted by Crippen LogP contribution is 2.17. The molecule has 0 aliphatic carbocycles. The van der Waals surface area contributed by atoms with Crippen LogP contribution in [0.5, 0.6) is 0 Å². The maximum absolute atomic E-state index is 12.0. The highest BCUT2D eigenvalue weighted by atomic mass is 79.9. The summed E-state index contributed by atoms with van der Waals surface area (Å²) in [6, 6.07) is 1.78. The fourth-order valence-corrected chi connectivity index (χ4v) is 2.47. The van der Waals surface area contributed by atoms with Crippen molar-refractivity contribution < 1.29 is 4.79 Å². The van der Waals surface area contributed by atoms with Crippen molar-refractivity contribution in [1.82, 2.24) is 13.9 Å². The Morgan fingerprint density at radius 2 is 2.41 bits per heavy atom. The number of hydrogen-bond acceptors (Lipinski definition) is 4. The van der Waals surface area contributed by atoms with E-state index in [1.807, 2.05) is 17.7 Å². The normalized spacial score (nSPS) is 10.5. The van der Waals surface area contributed by atoms with Crippen LogP contribution in [0.2, 0.25) is 0 Å². The smallest absolute Gasteiger partial charge is 0.274 e. The van der Waals surface area contributed by atoms with Crippen molar-refractivity contribution in [3.05, 3.63) is 28.3 Å². The molecule has 2 rings (SSSR count). The van der Waals surface area contributed by atoms with Crippen molar-refractivity contribution in [1.29, 1.82) is 0 Å². The number of halogens is 1. The number of nitrogens with one attached hydrogen (secondary N) is 1. The Labute approximate surface area is 111 Å². The van der Waals surface area contributed by atoms with E-state index in [0.717, 1.165) is 11.0 Å². The molecule has 2 aromatic heterocycles. The van der Waals surface area contributed by atoms with Gasteiger partial charge in [-0.25, -0.2) is 4.98 Å². The largest absolute Gasteiger partial charge is 0.343 e. The quantitative estimate of drug-likeness (QED) is 0.947. The minimum Gasteiger partial charge on any atom is -0.343 e. The summed E-state index contributed by atoms with van der Waals surface area (Å²) >= 11 is 4.53. The van der Waals surface area contributed by atoms with Crippen molar-refractivity contribution in [2.75, 3.05) is 5.32 Å². The Hall–Kier alpha value is -1.21. The zero-order chi connectivity index (χ0) is 12.4. The van der Waals surface area contributed by atoms with Gasteiger partial charge in [-0.3, -0.25) is 10.1 Å². The van der Waals surface area contributed by atoms with Crippen molar-refractivity contribution in [2.24, 2.45) is 0 Å². The minimum absolute atomic E-state index is 0.172. The van der Waals surface area contributed by atoms with E-state index in [0.29, 0.717) is 16.6 Å². The molecule has 0 spiro atoms. The summed E-state index contributed by atoms with van der Waals surface area (Å²) < 4.78 is 6.77. The number of hydrogen-bond donors (Lipinski definition) is 1. The molecule has 90 valence electrons. The molecule has 0 atom stereocenters. The van der Waals surface area contributed by atoms with Gasteiger partial charge in [0.2, 0.25) is 5.13 Å². The predicted molar refractivity (Wildman–Crippen MR) is 70.4 cm³/mol. The van der Waals surface area contributed by atoms with Gasteiger partial charge >= 0.3 is 0 Å². The first-order valence-corrected chi connectivity index (χ1v) is 6.64. The van der Waals surface area contributed by atoms with E-state index < -0.39 is 0 Å². The summed E-state index contributed by atoms with van der Waals surface area (Å²) in [7, 11) is 0. The zero-order valence-corrected chi connectivity index (χ0v) is 11.8. The Bertz CT molecular complexity index is 548. The second kappa shape index (κ2) is 4.97. The van der Waals surface area contributed by atoms with Crippen LogP contribution in [0.25, 0.3) is 0 Å². The van der Waals surface area contributed by atoms with Crippen LogP contribution in [-0.4, -0.2) is 19.8 Å². The number of carbonyl (C=O) groups is 1. The maximum Gasteiger partial charge on any atom is 0.274 e. The topological polar surface area (TPSA) is 59.8 Å². The van der Waals surface area contributed by atoms with Crippen molar-refractivity contribution >= 4 is 38.5 Å². The third-order valence-corrected chi connectivity index (χ3v) is 3.34. The van der Waals surface area contributed by atoms with E-state index in [2.05, 4.69) is 30.6 Å². The maximum atomic E-state index is 12.0. The Balaban J connectivity index is 2.19. The molecule has 0 saturated heterocycles. The number of carbonyl (C=O) groups excluding carboxylic acids is 1. The van der Waals surface area contributed by atoms with Gasteiger partial charge in [-0.05, 0) is 35.8 Å². The standard InChI is InChI=1S/C10H11BrN4OS/c1-3-15-5-7(11)4-8(15)9(16)13-10-12-6(2)14-17-10/h4-5H,3H2,1-2H3,(H,12,13,14,16). The molecule has 1 amide bonds. The molecule has 17 heavy (non-hydrogen) atoms. The van der Waals surface area contributed by atoms with E-state index in [4.69, 9.17) is 0 Å². The molecule has 0 fully saturated rings. The average molecular weight is 315 g/mol. The van der Waals surface area contributed by atoms with Gasteiger partial charge in [0, 0.05) is 28.7 Å². The van der Waals surface area contributed by atoms with Gasteiger partial charge in [0.15, 0.2) is 0 Å². The van der Waals surface area contributed by atoms with E-state index in [1.54, 1.807) is 13.0 Å². The third kappa shape index (κ3) is 2.73. The first-order valence-electron chi connectivity index (χ1n) is 5.07. The monoisotopic (exact) mass is 314 g/mol. The van der Waals surface area contributed by atoms with Gasteiger partial charge < -0.3 is 4.57 Å². The number of aromatic nitrogens is 3. The molecule has 1 N–H and O–H groups in total. The molecule has 0 saturated carbocycles. The van der Waals surface area contributed by atoms with Crippen LogP contribution in [0.4, 0.5) is 5.13 Å². The van der Waals surface area contributed by atoms with E-state index in [9.17, 15) is 4.79 Å². The number of rotatable bonds is 3. The van der Waals surface area contributed by atoms with Crippen LogP contribution in [0.1, 0.15) is 23.2 Å². The third-order valence-electron chi connectivity index (χ3n) is 2.18. The molecule has 0 aliphatic rings. The summed E-state index contributed by atoms with van der Waals surface area (Å²) in [4.78, 5) is 16.1. The van der Waals surface area contributed by atoms with Crippen LogP contribution in [-0.2, 0) is 6.54 Å². The fourth-order valence-electron chi connectivity index (χ4n) is 1.44. The Morgan fingerprint density at radius 1 is 1.65 bits per heavy atom. The average Bonchev–Trinajstić information content (AvgIpc) is 2.84. The molecule has 0 radical (unpaired) electrons. The summed E-state index contributed by atoms with van der Waals surface area (Å²) in [6.45, 7) is 4.51. The molecule has 0 aliphatic heterocycles. The molecular weight excluding hydrogens is 304 g/mol. The molecule has 0 aromatic carbocycles. The highest BCUT2D eigenvalue weighted by Gasteiger charge is 2.14. The SMILES string of the molecule is CCn1cc(Br)cc1C(=O)Nc1nc(C)ns1. The lowest BCUT2D eigenvalue weighted by molar-refractivity contribution is 0.101. The Morgan fingerprint density at radius 3 is 3.00 bits per heavy atom. The summed E-state index contributed by atoms with van der Waals surface area (Å²) in [5, 5.41) is 3.25. The van der Waals surface area contributed by atoms with Gasteiger partial charge in [-0.15, -0.1) is 0 Å². The van der Waals surface area contributed by atoms with Crippen molar-refractivity contribution in [3.8, 4) is 0 Å². The number of anilines is 1. The fraction of sp³-hybridized carbons (Fsp3) is 0.300. The predicted octanol–water partition coefficient (Wildman–Crippen LogP) is 2.68. The minimum atomic E-state index is -0.172. The van der Waals surface area contributed by atoms with E-state index >= 15 is 0 Å². The van der Waals surface area contributed by atoms with Crippen LogP contribution in [0.3, 0.4) is 0 Å². The summed E-state index contributed by atoms with van der Waals surface area (Å²) in [5.41, 5.74) is 0.604. The van der Waals surface area contributed by atoms with Crippen molar-refractivity contribution in [3.63, 3.8) is 0 Å². The second-order valence-electron chi connectivity index (χ2n) is 3.43. The zero-order valence-electron chi connectivity index (χ0n) is 9.40. The number of amides is 1. The molecule has 5 nitrogen and oxygen atoms in total. The van der Waals surface area contributed by atoms with E-state index in [1.165, 1.54) is 11.5 Å². The molecular formula is C10H11BrN4OS. The summed E-state index contributed by atoms with van der Waals surface area (Å²) in [5.74, 6) is 0.492. The van der Waals surface area contributed by atoms with Gasteiger partial charge in [-0.1, -0.05) is 0 Å². The number of nitrogens with zero attached hydrogens (tertiary/aromatic N) is 3. The second-order valence-corrected chi connectivity index (χ2v) is 5.10. The lowest BCUT2D eigenvalue weighted by Crippen LogP contribution is -2.16. The lowest BCUT2D eigenvalue weighted by atomic mass is 10.4. The molecule has 7 heteroatoms. The van der Waals surface area contributed by atoms with Crippen LogP contribution in [0, 0.1) is 6.92 Å². The van der Waals surface area contributed by atoms with Crippen molar-refractivity contribution in [2.45, 2.75) is 20.4 Å². The van der Waals surface area contributed by atoms with Crippen LogP contribution in [0.15, 0.2) is 16.7 Å². The Kier molecular flexibility index (Phi) is 3.58. The lowest BCUT2D eigenvalue weighted by Gasteiger charge is -2.04. The number of aryl methyl sites for hydroxylation is 2. The van der Waals surface area contributed by atoms with Gasteiger partial charge in [0.25, 0.3) is 5.91 Å². The molecule has 2 heterocycles. The van der Waals surface area contributed by atoms with E-state index in [-0.39, 0.29) is 5.91 Å². The molecule has 2 aromatic rings. The molecule has 0 unspecified atom stereocenters. The van der Waals surface area contributed by atoms with Gasteiger partial charge in [0.1, 0.15) is 11.5 Å². The summed E-state index contributed by atoms with van der Waals surface area (Å²) in [6.07, 6.45) is 1.88. The first-order chi connectivity index (χ1) is 8.10. The molecule has 0 bridgehead atoms. The first kappa shape index (κ1) is 12.3. The van der Waals surface area contributed by atoms with Crippen LogP contribution < -0.4 is 5.32 Å². The van der Waals surface area contributed by atoms with Gasteiger partial charge in [0.05, 0.1) is 0 Å².